The molecule has 1 aromatic rings. The second-order valence-electron chi connectivity index (χ2n) is 5.85. The van der Waals surface area contributed by atoms with Crippen LogP contribution in [-0.2, 0) is 5.41 Å². The highest BCUT2D eigenvalue weighted by Gasteiger charge is 2.18. The molecule has 0 spiro atoms. The topological polar surface area (TPSA) is 32.3 Å². The van der Waals surface area contributed by atoms with Crippen molar-refractivity contribution in [2.75, 3.05) is 13.6 Å². The summed E-state index contributed by atoms with van der Waals surface area (Å²) in [5.74, 6) is 0. The molecule has 0 fully saturated rings. The smallest absolute Gasteiger partial charge is 0.0919 e. The van der Waals surface area contributed by atoms with Crippen LogP contribution in [0.1, 0.15) is 49.1 Å². The highest BCUT2D eigenvalue weighted by molar-refractivity contribution is 5.41. The van der Waals surface area contributed by atoms with Gasteiger partial charge in [0, 0.05) is 6.54 Å². The summed E-state index contributed by atoms with van der Waals surface area (Å²) in [6, 6.07) is 4.39. The zero-order chi connectivity index (χ0) is 13.2. The van der Waals surface area contributed by atoms with Crippen molar-refractivity contribution in [3.8, 4) is 0 Å². The van der Waals surface area contributed by atoms with Gasteiger partial charge >= 0.3 is 0 Å². The molecule has 0 aliphatic carbocycles. The Kier molecular flexibility index (Phi) is 4.34. The molecule has 1 unspecified atom stereocenters. The number of hydrogen-bond acceptors (Lipinski definition) is 2. The molecule has 0 saturated heterocycles. The molecule has 0 amide bonds. The maximum atomic E-state index is 10.1. The lowest BCUT2D eigenvalue weighted by molar-refractivity contribution is 0.176. The van der Waals surface area contributed by atoms with Gasteiger partial charge in [0.15, 0.2) is 0 Å². The van der Waals surface area contributed by atoms with Crippen molar-refractivity contribution >= 4 is 0 Å². The van der Waals surface area contributed by atoms with Crippen molar-refractivity contribution in [2.24, 2.45) is 0 Å². The second kappa shape index (κ2) is 5.19. The number of aryl methyl sites for hydroxylation is 2. The molecular formula is C15H25NO. The number of likely N-dealkylation sites (N-methyl/N-ethyl adjacent to an activating group) is 1. The van der Waals surface area contributed by atoms with Crippen LogP contribution < -0.4 is 5.32 Å². The Labute approximate surface area is 105 Å². The van der Waals surface area contributed by atoms with E-state index in [2.05, 4.69) is 52.1 Å². The van der Waals surface area contributed by atoms with E-state index in [0.29, 0.717) is 6.54 Å². The van der Waals surface area contributed by atoms with Crippen molar-refractivity contribution < 1.29 is 5.11 Å². The molecule has 0 aromatic heterocycles. The monoisotopic (exact) mass is 235 g/mol. The Morgan fingerprint density at radius 1 is 1.18 bits per heavy atom. The number of hydrogen-bond donors (Lipinski definition) is 2. The van der Waals surface area contributed by atoms with Crippen LogP contribution in [0.15, 0.2) is 12.1 Å². The van der Waals surface area contributed by atoms with Crippen LogP contribution in [0.2, 0.25) is 0 Å². The summed E-state index contributed by atoms with van der Waals surface area (Å²) in [5.41, 5.74) is 4.90. The first kappa shape index (κ1) is 14.2. The first-order valence-corrected chi connectivity index (χ1v) is 6.21. The van der Waals surface area contributed by atoms with Gasteiger partial charge in [0.2, 0.25) is 0 Å². The van der Waals surface area contributed by atoms with Crippen LogP contribution in [0.5, 0.6) is 0 Å². The SMILES string of the molecule is CNCC(O)c1c(C)cc(C(C)(C)C)cc1C. The largest absolute Gasteiger partial charge is 0.387 e. The van der Waals surface area contributed by atoms with Crippen molar-refractivity contribution in [3.05, 3.63) is 34.4 Å². The van der Waals surface area contributed by atoms with Crippen molar-refractivity contribution in [2.45, 2.75) is 46.1 Å². The van der Waals surface area contributed by atoms with Crippen LogP contribution in [0, 0.1) is 13.8 Å². The molecule has 0 heterocycles. The lowest BCUT2D eigenvalue weighted by Crippen LogP contribution is -2.19. The highest BCUT2D eigenvalue weighted by Crippen LogP contribution is 2.29. The predicted octanol–water partition coefficient (Wildman–Crippen LogP) is 2.85. The van der Waals surface area contributed by atoms with E-state index in [0.717, 1.165) is 5.56 Å². The van der Waals surface area contributed by atoms with E-state index in [1.807, 2.05) is 7.05 Å². The quantitative estimate of drug-likeness (QED) is 0.844. The molecule has 0 radical (unpaired) electrons. The number of rotatable bonds is 3. The first-order chi connectivity index (χ1) is 7.77. The van der Waals surface area contributed by atoms with E-state index in [9.17, 15) is 5.11 Å². The molecule has 0 aliphatic heterocycles. The Balaban J connectivity index is 3.20. The Morgan fingerprint density at radius 2 is 1.65 bits per heavy atom. The van der Waals surface area contributed by atoms with Gasteiger partial charge in [-0.15, -0.1) is 0 Å². The van der Waals surface area contributed by atoms with Crippen LogP contribution in [0.4, 0.5) is 0 Å². The number of aliphatic hydroxyl groups is 1. The normalized spacial score (nSPS) is 13.8. The third-order valence-electron chi connectivity index (χ3n) is 3.19. The van der Waals surface area contributed by atoms with E-state index in [1.165, 1.54) is 16.7 Å². The molecule has 17 heavy (non-hydrogen) atoms. The van der Waals surface area contributed by atoms with Gasteiger partial charge in [-0.3, -0.25) is 0 Å². The summed E-state index contributed by atoms with van der Waals surface area (Å²) in [4.78, 5) is 0. The van der Waals surface area contributed by atoms with E-state index in [4.69, 9.17) is 0 Å². The molecule has 0 bridgehead atoms. The molecule has 2 heteroatoms. The van der Waals surface area contributed by atoms with Gasteiger partial charge in [-0.1, -0.05) is 32.9 Å². The first-order valence-electron chi connectivity index (χ1n) is 6.21. The molecule has 1 atom stereocenters. The van der Waals surface area contributed by atoms with Gasteiger partial charge < -0.3 is 10.4 Å². The summed E-state index contributed by atoms with van der Waals surface area (Å²) in [5, 5.41) is 13.1. The summed E-state index contributed by atoms with van der Waals surface area (Å²) >= 11 is 0. The lowest BCUT2D eigenvalue weighted by atomic mass is 9.83. The standard InChI is InChI=1S/C15H25NO/c1-10-7-12(15(3,4)5)8-11(2)14(10)13(17)9-16-6/h7-8,13,16-17H,9H2,1-6H3. The minimum atomic E-state index is -0.422. The third-order valence-corrected chi connectivity index (χ3v) is 3.19. The molecule has 0 aliphatic rings. The van der Waals surface area contributed by atoms with E-state index >= 15 is 0 Å². The fraction of sp³-hybridized carbons (Fsp3) is 0.600. The van der Waals surface area contributed by atoms with E-state index in [1.54, 1.807) is 0 Å². The zero-order valence-electron chi connectivity index (χ0n) is 11.9. The average molecular weight is 235 g/mol. The van der Waals surface area contributed by atoms with Crippen molar-refractivity contribution in [1.82, 2.24) is 5.32 Å². The number of aliphatic hydroxyl groups excluding tert-OH is 1. The molecule has 2 N–H and O–H groups in total. The number of nitrogens with one attached hydrogen (secondary N) is 1. The van der Waals surface area contributed by atoms with Crippen LogP contribution in [0.3, 0.4) is 0 Å². The minimum absolute atomic E-state index is 0.155. The van der Waals surface area contributed by atoms with Gasteiger partial charge in [-0.05, 0) is 48.6 Å². The van der Waals surface area contributed by atoms with Crippen molar-refractivity contribution in [1.29, 1.82) is 0 Å². The predicted molar refractivity (Wildman–Crippen MR) is 73.5 cm³/mol. The summed E-state index contributed by atoms with van der Waals surface area (Å²) in [6.45, 7) is 11.4. The van der Waals surface area contributed by atoms with Crippen LogP contribution in [0.25, 0.3) is 0 Å². The Hall–Kier alpha value is -0.860. The molecule has 2 nitrogen and oxygen atoms in total. The van der Waals surface area contributed by atoms with E-state index in [-0.39, 0.29) is 5.41 Å². The third kappa shape index (κ3) is 3.30. The maximum Gasteiger partial charge on any atom is 0.0919 e. The molecule has 96 valence electrons. The maximum absolute atomic E-state index is 10.1. The van der Waals surface area contributed by atoms with Gasteiger partial charge in [-0.2, -0.15) is 0 Å². The zero-order valence-corrected chi connectivity index (χ0v) is 11.9. The van der Waals surface area contributed by atoms with Gasteiger partial charge in [-0.25, -0.2) is 0 Å². The average Bonchev–Trinajstić information content (AvgIpc) is 2.15. The number of benzene rings is 1. The van der Waals surface area contributed by atoms with Crippen LogP contribution >= 0.6 is 0 Å². The molecule has 1 aromatic carbocycles. The fourth-order valence-electron chi connectivity index (χ4n) is 2.23. The van der Waals surface area contributed by atoms with Gasteiger partial charge in [0.05, 0.1) is 6.10 Å². The summed E-state index contributed by atoms with van der Waals surface area (Å²) in [7, 11) is 1.86. The van der Waals surface area contributed by atoms with Gasteiger partial charge in [0.25, 0.3) is 0 Å². The Bertz CT molecular complexity index is 367. The van der Waals surface area contributed by atoms with Crippen molar-refractivity contribution in [3.63, 3.8) is 0 Å². The van der Waals surface area contributed by atoms with Gasteiger partial charge in [0.1, 0.15) is 0 Å². The summed E-state index contributed by atoms with van der Waals surface area (Å²) < 4.78 is 0. The second-order valence-corrected chi connectivity index (χ2v) is 5.85. The Morgan fingerprint density at radius 3 is 2.00 bits per heavy atom. The highest BCUT2D eigenvalue weighted by atomic mass is 16.3. The fourth-order valence-corrected chi connectivity index (χ4v) is 2.23. The van der Waals surface area contributed by atoms with E-state index < -0.39 is 6.10 Å². The minimum Gasteiger partial charge on any atom is -0.387 e. The molecule has 0 saturated carbocycles. The summed E-state index contributed by atoms with van der Waals surface area (Å²) in [6.07, 6.45) is -0.422. The van der Waals surface area contributed by atoms with Crippen LogP contribution in [-0.4, -0.2) is 18.7 Å². The molecule has 1 rings (SSSR count). The lowest BCUT2D eigenvalue weighted by Gasteiger charge is -2.24. The molecular weight excluding hydrogens is 210 g/mol.